The Hall–Kier alpha value is -2.14. The molecular weight excluding hydrogens is 296 g/mol. The largest absolute Gasteiger partial charge is 0.445 e. The summed E-state index contributed by atoms with van der Waals surface area (Å²) in [5.41, 5.74) is 3.33. The lowest BCUT2D eigenvalue weighted by atomic mass is 10.1. The molecule has 1 aromatic heterocycles. The van der Waals surface area contributed by atoms with Crippen LogP contribution < -0.4 is 0 Å². The second kappa shape index (κ2) is 6.75. The molecule has 3 rings (SSSR count). The highest BCUT2D eigenvalue weighted by Crippen LogP contribution is 2.26. The molecule has 0 N–H and O–H groups in total. The molecule has 1 aromatic carbocycles. The van der Waals surface area contributed by atoms with Crippen molar-refractivity contribution in [3.8, 4) is 0 Å². The molecule has 114 valence electrons. The van der Waals surface area contributed by atoms with Crippen LogP contribution in [-0.4, -0.2) is 28.5 Å². The van der Waals surface area contributed by atoms with Crippen molar-refractivity contribution in [1.82, 2.24) is 9.27 Å². The molecule has 22 heavy (non-hydrogen) atoms. The van der Waals surface area contributed by atoms with E-state index < -0.39 is 0 Å². The standard InChI is InChI=1S/C17H18N2O2S/c1-13-11-16(22-18-13)15-7-9-19(10-8-15)17(20)21-12-14-5-3-2-4-6-14/h2-7,11H,8-10,12H2,1H3. The lowest BCUT2D eigenvalue weighted by molar-refractivity contribution is 0.0998. The minimum atomic E-state index is -0.250. The van der Waals surface area contributed by atoms with E-state index in [-0.39, 0.29) is 6.09 Å². The summed E-state index contributed by atoms with van der Waals surface area (Å²) in [6.45, 7) is 3.60. The SMILES string of the molecule is Cc1cc(C2=CCN(C(=O)OCc3ccccc3)CC2)sn1. The fourth-order valence-corrected chi connectivity index (χ4v) is 3.21. The predicted octanol–water partition coefficient (Wildman–Crippen LogP) is 3.88. The van der Waals surface area contributed by atoms with Crippen LogP contribution in [-0.2, 0) is 11.3 Å². The molecule has 0 fully saturated rings. The molecule has 4 nitrogen and oxygen atoms in total. The van der Waals surface area contributed by atoms with Gasteiger partial charge in [0, 0.05) is 13.1 Å². The average molecular weight is 314 g/mol. The predicted molar refractivity (Wildman–Crippen MR) is 87.6 cm³/mol. The second-order valence-electron chi connectivity index (χ2n) is 5.30. The third-order valence-corrected chi connectivity index (χ3v) is 4.57. The molecule has 1 amide bonds. The normalized spacial score (nSPS) is 14.6. The zero-order chi connectivity index (χ0) is 15.4. The Bertz CT molecular complexity index is 679. The molecule has 1 aliphatic heterocycles. The average Bonchev–Trinajstić information content (AvgIpc) is 3.00. The minimum Gasteiger partial charge on any atom is -0.445 e. The van der Waals surface area contributed by atoms with Gasteiger partial charge in [0.25, 0.3) is 0 Å². The first kappa shape index (κ1) is 14.8. The number of benzene rings is 1. The van der Waals surface area contributed by atoms with Crippen LogP contribution in [0.2, 0.25) is 0 Å². The molecule has 0 spiro atoms. The number of hydrogen-bond acceptors (Lipinski definition) is 4. The number of aryl methyl sites for hydroxylation is 1. The molecule has 1 aliphatic rings. The van der Waals surface area contributed by atoms with Crippen LogP contribution in [0.15, 0.2) is 42.5 Å². The summed E-state index contributed by atoms with van der Waals surface area (Å²) in [6, 6.07) is 11.8. The highest BCUT2D eigenvalue weighted by Gasteiger charge is 2.19. The zero-order valence-electron chi connectivity index (χ0n) is 12.5. The van der Waals surface area contributed by atoms with Gasteiger partial charge in [-0.2, -0.15) is 4.37 Å². The molecule has 0 aliphatic carbocycles. The second-order valence-corrected chi connectivity index (χ2v) is 6.10. The highest BCUT2D eigenvalue weighted by atomic mass is 32.1. The van der Waals surface area contributed by atoms with E-state index in [1.165, 1.54) is 22.0 Å². The van der Waals surface area contributed by atoms with E-state index in [0.29, 0.717) is 19.7 Å². The quantitative estimate of drug-likeness (QED) is 0.863. The van der Waals surface area contributed by atoms with Crippen LogP contribution >= 0.6 is 11.5 Å². The summed E-state index contributed by atoms with van der Waals surface area (Å²) in [7, 11) is 0. The van der Waals surface area contributed by atoms with Gasteiger partial charge in [-0.15, -0.1) is 0 Å². The van der Waals surface area contributed by atoms with Gasteiger partial charge in [-0.1, -0.05) is 36.4 Å². The first-order valence-electron chi connectivity index (χ1n) is 7.31. The Labute approximate surface area is 134 Å². The maximum absolute atomic E-state index is 12.1. The molecule has 5 heteroatoms. The first-order chi connectivity index (χ1) is 10.7. The molecule has 2 aromatic rings. The topological polar surface area (TPSA) is 42.4 Å². The van der Waals surface area contributed by atoms with E-state index in [4.69, 9.17) is 4.74 Å². The van der Waals surface area contributed by atoms with Gasteiger partial charge in [0.1, 0.15) is 6.61 Å². The number of carbonyl (C=O) groups excluding carboxylic acids is 1. The van der Waals surface area contributed by atoms with Gasteiger partial charge in [-0.25, -0.2) is 4.79 Å². The zero-order valence-corrected chi connectivity index (χ0v) is 13.3. The van der Waals surface area contributed by atoms with E-state index in [2.05, 4.69) is 16.5 Å². The van der Waals surface area contributed by atoms with Gasteiger partial charge in [0.15, 0.2) is 0 Å². The van der Waals surface area contributed by atoms with Gasteiger partial charge in [-0.3, -0.25) is 0 Å². The van der Waals surface area contributed by atoms with Crippen LogP contribution in [0.5, 0.6) is 0 Å². The van der Waals surface area contributed by atoms with Crippen LogP contribution in [0.4, 0.5) is 4.79 Å². The van der Waals surface area contributed by atoms with E-state index in [1.54, 1.807) is 4.90 Å². The third-order valence-electron chi connectivity index (χ3n) is 3.62. The fraction of sp³-hybridized carbons (Fsp3) is 0.294. The lowest BCUT2D eigenvalue weighted by Gasteiger charge is -2.25. The number of hydrogen-bond donors (Lipinski definition) is 0. The van der Waals surface area contributed by atoms with Gasteiger partial charge in [0.05, 0.1) is 10.6 Å². The number of rotatable bonds is 3. The van der Waals surface area contributed by atoms with E-state index in [1.807, 2.05) is 37.3 Å². The molecule has 0 bridgehead atoms. The van der Waals surface area contributed by atoms with E-state index in [0.717, 1.165) is 17.7 Å². The van der Waals surface area contributed by atoms with Gasteiger partial charge >= 0.3 is 6.09 Å². The number of aromatic nitrogens is 1. The van der Waals surface area contributed by atoms with Crippen molar-refractivity contribution in [3.05, 3.63) is 58.6 Å². The number of nitrogens with zero attached hydrogens (tertiary/aromatic N) is 2. The van der Waals surface area contributed by atoms with Crippen LogP contribution in [0.25, 0.3) is 5.57 Å². The molecule has 0 saturated carbocycles. The van der Waals surface area contributed by atoms with Crippen molar-refractivity contribution in [3.63, 3.8) is 0 Å². The highest BCUT2D eigenvalue weighted by molar-refractivity contribution is 7.07. The molecule has 0 radical (unpaired) electrons. The van der Waals surface area contributed by atoms with Gasteiger partial charge in [0.2, 0.25) is 0 Å². The van der Waals surface area contributed by atoms with Gasteiger partial charge < -0.3 is 9.64 Å². The summed E-state index contributed by atoms with van der Waals surface area (Å²) >= 11 is 1.52. The van der Waals surface area contributed by atoms with E-state index >= 15 is 0 Å². The molecule has 0 atom stereocenters. The van der Waals surface area contributed by atoms with E-state index in [9.17, 15) is 4.79 Å². The number of carbonyl (C=O) groups is 1. The third kappa shape index (κ3) is 3.54. The maximum atomic E-state index is 12.1. The molecule has 0 saturated heterocycles. The Balaban J connectivity index is 1.54. The smallest absolute Gasteiger partial charge is 0.410 e. The van der Waals surface area contributed by atoms with Crippen molar-refractivity contribution in [1.29, 1.82) is 0 Å². The van der Waals surface area contributed by atoms with Crippen LogP contribution in [0, 0.1) is 6.92 Å². The summed E-state index contributed by atoms with van der Waals surface area (Å²) in [4.78, 5) is 15.0. The van der Waals surface area contributed by atoms with Crippen molar-refractivity contribution in [2.45, 2.75) is 20.0 Å². The Morgan fingerprint density at radius 1 is 1.36 bits per heavy atom. The summed E-state index contributed by atoms with van der Waals surface area (Å²) in [5.74, 6) is 0. The fourth-order valence-electron chi connectivity index (χ4n) is 2.38. The Morgan fingerprint density at radius 2 is 2.18 bits per heavy atom. The monoisotopic (exact) mass is 314 g/mol. The minimum absolute atomic E-state index is 0.250. The van der Waals surface area contributed by atoms with Crippen LogP contribution in [0.3, 0.4) is 0 Å². The van der Waals surface area contributed by atoms with Crippen molar-refractivity contribution < 1.29 is 9.53 Å². The van der Waals surface area contributed by atoms with Crippen molar-refractivity contribution in [2.24, 2.45) is 0 Å². The number of amides is 1. The molecule has 0 unspecified atom stereocenters. The maximum Gasteiger partial charge on any atom is 0.410 e. The number of ether oxygens (including phenoxy) is 1. The summed E-state index contributed by atoms with van der Waals surface area (Å²) in [5, 5.41) is 0. The Morgan fingerprint density at radius 3 is 2.82 bits per heavy atom. The van der Waals surface area contributed by atoms with Gasteiger partial charge in [-0.05, 0) is 42.1 Å². The Kier molecular flexibility index (Phi) is 4.53. The van der Waals surface area contributed by atoms with Crippen LogP contribution in [0.1, 0.15) is 22.6 Å². The first-order valence-corrected chi connectivity index (χ1v) is 8.08. The summed E-state index contributed by atoms with van der Waals surface area (Å²) in [6.07, 6.45) is 2.70. The summed E-state index contributed by atoms with van der Waals surface area (Å²) < 4.78 is 9.67. The van der Waals surface area contributed by atoms with Crippen molar-refractivity contribution in [2.75, 3.05) is 13.1 Å². The lowest BCUT2D eigenvalue weighted by Crippen LogP contribution is -2.34. The van der Waals surface area contributed by atoms with Crippen molar-refractivity contribution >= 4 is 23.2 Å². The molecule has 2 heterocycles. The molecular formula is C17H18N2O2S.